The summed E-state index contributed by atoms with van der Waals surface area (Å²) in [6.45, 7) is 2.94. The van der Waals surface area contributed by atoms with Crippen molar-refractivity contribution < 1.29 is 18.0 Å². The molecule has 1 amide bonds. The fraction of sp³-hybridized carbons (Fsp3) is 0.412. The van der Waals surface area contributed by atoms with E-state index in [0.717, 1.165) is 47.2 Å². The van der Waals surface area contributed by atoms with Gasteiger partial charge in [-0.15, -0.1) is 0 Å². The van der Waals surface area contributed by atoms with E-state index < -0.39 is 11.7 Å². The Morgan fingerprint density at radius 2 is 1.36 bits per heavy atom. The average molecular weight is 537 g/mol. The van der Waals surface area contributed by atoms with Gasteiger partial charge in [-0.1, -0.05) is 113 Å². The standard InChI is InChI=1S/C34H41F3NO/c1-2-3-4-5-6-7-8-9-10-11-25-38-33(39)31-14-12-13-30(26-31)29-21-17-27(18-22-29)15-16-28-19-23-32(24-20-28)34(35,36)37/h12-14,16-24,26H,2-11,15,25H2,1H3,(H,38,39). The lowest BCUT2D eigenvalue weighted by atomic mass is 9.99. The van der Waals surface area contributed by atoms with Crippen molar-refractivity contribution in [1.29, 1.82) is 0 Å². The van der Waals surface area contributed by atoms with Gasteiger partial charge in [0.2, 0.25) is 0 Å². The zero-order valence-electron chi connectivity index (χ0n) is 23.0. The molecule has 0 saturated carbocycles. The third-order valence-electron chi connectivity index (χ3n) is 7.04. The number of unbranched alkanes of at least 4 members (excludes halogenated alkanes) is 9. The van der Waals surface area contributed by atoms with Crippen molar-refractivity contribution in [2.24, 2.45) is 0 Å². The molecule has 1 radical (unpaired) electrons. The molecular weight excluding hydrogens is 495 g/mol. The Kier molecular flexibility index (Phi) is 12.6. The number of rotatable bonds is 16. The number of benzene rings is 3. The van der Waals surface area contributed by atoms with E-state index in [9.17, 15) is 18.0 Å². The van der Waals surface area contributed by atoms with Gasteiger partial charge in [0.15, 0.2) is 0 Å². The molecule has 0 spiro atoms. The largest absolute Gasteiger partial charge is 0.416 e. The van der Waals surface area contributed by atoms with Gasteiger partial charge in [-0.3, -0.25) is 4.79 Å². The second kappa shape index (κ2) is 16.1. The van der Waals surface area contributed by atoms with Gasteiger partial charge in [0.25, 0.3) is 5.91 Å². The lowest BCUT2D eigenvalue weighted by molar-refractivity contribution is -0.137. The Hall–Kier alpha value is -3.08. The predicted octanol–water partition coefficient (Wildman–Crippen LogP) is 9.82. The summed E-state index contributed by atoms with van der Waals surface area (Å²) in [5.41, 5.74) is 3.81. The molecule has 3 rings (SSSR count). The predicted molar refractivity (Wildman–Crippen MR) is 155 cm³/mol. The molecule has 0 atom stereocenters. The van der Waals surface area contributed by atoms with Gasteiger partial charge in [-0.2, -0.15) is 13.2 Å². The first-order valence-corrected chi connectivity index (χ1v) is 14.3. The van der Waals surface area contributed by atoms with Crippen LogP contribution in [0.5, 0.6) is 0 Å². The lowest BCUT2D eigenvalue weighted by Crippen LogP contribution is -2.24. The SMILES string of the molecule is CCCCCCCCCCCCNC(=O)c1cccc(-c2ccc(C[CH]c3ccc(C(F)(F)F)cc3)cc2)c1. The molecule has 3 aromatic rings. The van der Waals surface area contributed by atoms with Crippen LogP contribution in [0.1, 0.15) is 98.2 Å². The van der Waals surface area contributed by atoms with Gasteiger partial charge >= 0.3 is 6.18 Å². The van der Waals surface area contributed by atoms with Crippen molar-refractivity contribution in [1.82, 2.24) is 5.32 Å². The van der Waals surface area contributed by atoms with Crippen LogP contribution in [0.3, 0.4) is 0 Å². The molecular formula is C34H41F3NO. The maximum atomic E-state index is 12.7. The van der Waals surface area contributed by atoms with E-state index in [1.807, 2.05) is 55.0 Å². The molecule has 0 bridgehead atoms. The molecule has 0 unspecified atom stereocenters. The van der Waals surface area contributed by atoms with Gasteiger partial charge in [0.1, 0.15) is 0 Å². The summed E-state index contributed by atoms with van der Waals surface area (Å²) in [7, 11) is 0. The molecule has 1 N–H and O–H groups in total. The number of hydrogen-bond acceptors (Lipinski definition) is 1. The number of halogens is 3. The van der Waals surface area contributed by atoms with Crippen LogP contribution in [0.15, 0.2) is 72.8 Å². The Bertz CT molecular complexity index is 1120. The molecule has 3 aromatic carbocycles. The van der Waals surface area contributed by atoms with Crippen LogP contribution in [0.2, 0.25) is 0 Å². The molecule has 5 heteroatoms. The average Bonchev–Trinajstić information content (AvgIpc) is 2.95. The molecule has 0 saturated heterocycles. The fourth-order valence-electron chi connectivity index (χ4n) is 4.63. The molecule has 2 nitrogen and oxygen atoms in total. The summed E-state index contributed by atoms with van der Waals surface area (Å²) >= 11 is 0. The van der Waals surface area contributed by atoms with Crippen molar-refractivity contribution in [3.63, 3.8) is 0 Å². The zero-order chi connectivity index (χ0) is 27.9. The minimum absolute atomic E-state index is 0.0458. The minimum Gasteiger partial charge on any atom is -0.352 e. The molecule has 0 aliphatic heterocycles. The summed E-state index contributed by atoms with van der Waals surface area (Å²) in [5.74, 6) is -0.0458. The number of carbonyl (C=O) groups excluding carboxylic acids is 1. The monoisotopic (exact) mass is 536 g/mol. The third kappa shape index (κ3) is 10.9. The highest BCUT2D eigenvalue weighted by atomic mass is 19.4. The number of amides is 1. The van der Waals surface area contributed by atoms with Crippen LogP contribution in [-0.2, 0) is 12.6 Å². The van der Waals surface area contributed by atoms with Crippen LogP contribution in [0.4, 0.5) is 13.2 Å². The van der Waals surface area contributed by atoms with E-state index in [1.165, 1.54) is 63.5 Å². The molecule has 0 fully saturated rings. The highest BCUT2D eigenvalue weighted by Crippen LogP contribution is 2.29. The second-order valence-electron chi connectivity index (χ2n) is 10.2. The fourth-order valence-corrected chi connectivity index (χ4v) is 4.63. The minimum atomic E-state index is -4.32. The molecule has 0 aliphatic carbocycles. The van der Waals surface area contributed by atoms with Crippen molar-refractivity contribution in [2.45, 2.75) is 83.7 Å². The molecule has 39 heavy (non-hydrogen) atoms. The van der Waals surface area contributed by atoms with Crippen LogP contribution in [0.25, 0.3) is 11.1 Å². The Morgan fingerprint density at radius 1 is 0.744 bits per heavy atom. The molecule has 0 aromatic heterocycles. The normalized spacial score (nSPS) is 11.5. The van der Waals surface area contributed by atoms with Crippen molar-refractivity contribution >= 4 is 5.91 Å². The summed E-state index contributed by atoms with van der Waals surface area (Å²) < 4.78 is 38.2. The summed E-state index contributed by atoms with van der Waals surface area (Å²) in [6, 6.07) is 20.9. The first-order valence-electron chi connectivity index (χ1n) is 14.3. The van der Waals surface area contributed by atoms with Crippen molar-refractivity contribution in [2.75, 3.05) is 6.54 Å². The van der Waals surface area contributed by atoms with Crippen LogP contribution in [-0.4, -0.2) is 12.5 Å². The van der Waals surface area contributed by atoms with Crippen LogP contribution < -0.4 is 5.32 Å². The van der Waals surface area contributed by atoms with Crippen LogP contribution >= 0.6 is 0 Å². The smallest absolute Gasteiger partial charge is 0.352 e. The number of hydrogen-bond donors (Lipinski definition) is 1. The maximum Gasteiger partial charge on any atom is 0.416 e. The first kappa shape index (κ1) is 30.5. The summed E-state index contributed by atoms with van der Waals surface area (Å²) in [6.07, 6.45) is 10.9. The third-order valence-corrected chi connectivity index (χ3v) is 7.04. The van der Waals surface area contributed by atoms with E-state index in [2.05, 4.69) is 12.2 Å². The van der Waals surface area contributed by atoms with Gasteiger partial charge in [0.05, 0.1) is 5.56 Å². The Balaban J connectivity index is 1.39. The summed E-state index contributed by atoms with van der Waals surface area (Å²) in [4.78, 5) is 12.7. The number of alkyl halides is 3. The maximum absolute atomic E-state index is 12.7. The Labute approximate surface area is 232 Å². The number of nitrogens with one attached hydrogen (secondary N) is 1. The van der Waals surface area contributed by atoms with Gasteiger partial charge in [-0.05, 0) is 65.8 Å². The molecule has 0 aliphatic rings. The van der Waals surface area contributed by atoms with Gasteiger partial charge < -0.3 is 5.32 Å². The number of carbonyl (C=O) groups is 1. The highest BCUT2D eigenvalue weighted by molar-refractivity contribution is 5.95. The van der Waals surface area contributed by atoms with E-state index >= 15 is 0 Å². The van der Waals surface area contributed by atoms with Gasteiger partial charge in [-0.25, -0.2) is 0 Å². The quantitative estimate of drug-likeness (QED) is 0.181. The van der Waals surface area contributed by atoms with E-state index in [1.54, 1.807) is 0 Å². The molecule has 209 valence electrons. The summed E-state index contributed by atoms with van der Waals surface area (Å²) in [5, 5.41) is 3.05. The van der Waals surface area contributed by atoms with Crippen molar-refractivity contribution in [3.8, 4) is 11.1 Å². The Morgan fingerprint density at radius 3 is 1.97 bits per heavy atom. The first-order chi connectivity index (χ1) is 18.9. The second-order valence-corrected chi connectivity index (χ2v) is 10.2. The molecule has 0 heterocycles. The topological polar surface area (TPSA) is 29.1 Å². The zero-order valence-corrected chi connectivity index (χ0v) is 23.0. The van der Waals surface area contributed by atoms with E-state index in [4.69, 9.17) is 0 Å². The van der Waals surface area contributed by atoms with Crippen LogP contribution in [0, 0.1) is 6.42 Å². The van der Waals surface area contributed by atoms with Gasteiger partial charge in [0, 0.05) is 12.1 Å². The van der Waals surface area contributed by atoms with E-state index in [-0.39, 0.29) is 5.91 Å². The lowest BCUT2D eigenvalue weighted by Gasteiger charge is -2.09. The van der Waals surface area contributed by atoms with Crippen molar-refractivity contribution in [3.05, 3.63) is 101 Å². The van der Waals surface area contributed by atoms with E-state index in [0.29, 0.717) is 18.5 Å². The highest BCUT2D eigenvalue weighted by Gasteiger charge is 2.29.